The van der Waals surface area contributed by atoms with Gasteiger partial charge in [0.25, 0.3) is 5.91 Å². The highest BCUT2D eigenvalue weighted by molar-refractivity contribution is 5.96. The van der Waals surface area contributed by atoms with Crippen LogP contribution in [-0.4, -0.2) is 5.91 Å². The summed E-state index contributed by atoms with van der Waals surface area (Å²) in [6.45, 7) is 8.68. The highest BCUT2D eigenvalue weighted by Crippen LogP contribution is 2.17. The lowest BCUT2D eigenvalue weighted by atomic mass is 9.99. The van der Waals surface area contributed by atoms with Gasteiger partial charge in [0, 0.05) is 17.8 Å². The van der Waals surface area contributed by atoms with Gasteiger partial charge in [0.1, 0.15) is 0 Å². The van der Waals surface area contributed by atoms with Crippen molar-refractivity contribution in [1.82, 2.24) is 5.32 Å². The molecule has 110 valence electrons. The standard InChI is InChI=1S/C18H22N2O/c1-11-7-13(3)17(14(4)8-11)10-20-18(21)16-9-15(19)6-5-12(16)2/h5-9H,10,19H2,1-4H3,(H,20,21). The number of benzene rings is 2. The van der Waals surface area contributed by atoms with E-state index in [9.17, 15) is 4.79 Å². The van der Waals surface area contributed by atoms with Gasteiger partial charge in [-0.3, -0.25) is 4.79 Å². The SMILES string of the molecule is Cc1cc(C)c(CNC(=O)c2cc(N)ccc2C)c(C)c1. The van der Waals surface area contributed by atoms with Crippen LogP contribution in [-0.2, 0) is 6.54 Å². The molecule has 0 heterocycles. The Kier molecular flexibility index (Phi) is 4.32. The summed E-state index contributed by atoms with van der Waals surface area (Å²) >= 11 is 0. The molecule has 21 heavy (non-hydrogen) atoms. The number of hydrogen-bond donors (Lipinski definition) is 2. The maximum Gasteiger partial charge on any atom is 0.251 e. The summed E-state index contributed by atoms with van der Waals surface area (Å²) in [5.41, 5.74) is 12.8. The monoisotopic (exact) mass is 282 g/mol. The Labute approximate surface area is 126 Å². The highest BCUT2D eigenvalue weighted by atomic mass is 16.1. The number of hydrogen-bond acceptors (Lipinski definition) is 2. The van der Waals surface area contributed by atoms with Crippen molar-refractivity contribution in [2.75, 3.05) is 5.73 Å². The minimum atomic E-state index is -0.0841. The Bertz CT molecular complexity index is 667. The number of carbonyl (C=O) groups is 1. The Hall–Kier alpha value is -2.29. The van der Waals surface area contributed by atoms with E-state index in [4.69, 9.17) is 5.73 Å². The minimum absolute atomic E-state index is 0.0841. The zero-order valence-electron chi connectivity index (χ0n) is 13.1. The van der Waals surface area contributed by atoms with Crippen LogP contribution in [0.5, 0.6) is 0 Å². The lowest BCUT2D eigenvalue weighted by molar-refractivity contribution is 0.0950. The van der Waals surface area contributed by atoms with Crippen molar-refractivity contribution in [3.05, 3.63) is 63.7 Å². The van der Waals surface area contributed by atoms with Gasteiger partial charge < -0.3 is 11.1 Å². The summed E-state index contributed by atoms with van der Waals surface area (Å²) in [5.74, 6) is -0.0841. The first-order valence-corrected chi connectivity index (χ1v) is 7.09. The normalized spacial score (nSPS) is 10.5. The molecule has 0 aliphatic rings. The first kappa shape index (κ1) is 15.1. The van der Waals surface area contributed by atoms with Gasteiger partial charge >= 0.3 is 0 Å². The Morgan fingerprint density at radius 3 is 2.24 bits per heavy atom. The van der Waals surface area contributed by atoms with Crippen LogP contribution in [0.1, 0.15) is 38.2 Å². The molecule has 2 aromatic rings. The van der Waals surface area contributed by atoms with E-state index in [-0.39, 0.29) is 5.91 Å². The first-order chi connectivity index (χ1) is 9.88. The quantitative estimate of drug-likeness (QED) is 0.847. The fraction of sp³-hybridized carbons (Fsp3) is 0.278. The second kappa shape index (κ2) is 6.00. The van der Waals surface area contributed by atoms with Crippen LogP contribution < -0.4 is 11.1 Å². The fourth-order valence-corrected chi connectivity index (χ4v) is 2.64. The average molecular weight is 282 g/mol. The van der Waals surface area contributed by atoms with Gasteiger partial charge in [-0.1, -0.05) is 23.8 Å². The van der Waals surface area contributed by atoms with Crippen molar-refractivity contribution in [1.29, 1.82) is 0 Å². The van der Waals surface area contributed by atoms with E-state index in [1.807, 2.05) is 13.0 Å². The molecule has 0 fully saturated rings. The number of nitrogens with one attached hydrogen (secondary N) is 1. The lowest BCUT2D eigenvalue weighted by Gasteiger charge is -2.13. The van der Waals surface area contributed by atoms with Crippen LogP contribution in [0, 0.1) is 27.7 Å². The van der Waals surface area contributed by atoms with Crippen LogP contribution in [0.3, 0.4) is 0 Å². The summed E-state index contributed by atoms with van der Waals surface area (Å²) < 4.78 is 0. The van der Waals surface area contributed by atoms with E-state index in [0.29, 0.717) is 17.8 Å². The summed E-state index contributed by atoms with van der Waals surface area (Å²) in [6, 6.07) is 9.67. The van der Waals surface area contributed by atoms with Crippen molar-refractivity contribution in [2.24, 2.45) is 0 Å². The number of nitrogens with two attached hydrogens (primary N) is 1. The second-order valence-electron chi connectivity index (χ2n) is 5.63. The zero-order chi connectivity index (χ0) is 15.6. The van der Waals surface area contributed by atoms with Gasteiger partial charge in [-0.2, -0.15) is 0 Å². The Morgan fingerprint density at radius 2 is 1.62 bits per heavy atom. The lowest BCUT2D eigenvalue weighted by Crippen LogP contribution is -2.24. The Balaban J connectivity index is 2.17. The minimum Gasteiger partial charge on any atom is -0.399 e. The zero-order valence-corrected chi connectivity index (χ0v) is 13.1. The molecule has 3 N–H and O–H groups in total. The van der Waals surface area contributed by atoms with Crippen molar-refractivity contribution in [2.45, 2.75) is 34.2 Å². The topological polar surface area (TPSA) is 55.1 Å². The molecule has 2 aromatic carbocycles. The largest absolute Gasteiger partial charge is 0.399 e. The Morgan fingerprint density at radius 1 is 1.00 bits per heavy atom. The maximum atomic E-state index is 12.3. The predicted octanol–water partition coefficient (Wildman–Crippen LogP) is 3.43. The molecule has 0 bridgehead atoms. The van der Waals surface area contributed by atoms with Crippen LogP contribution >= 0.6 is 0 Å². The van der Waals surface area contributed by atoms with Crippen LogP contribution in [0.4, 0.5) is 5.69 Å². The van der Waals surface area contributed by atoms with E-state index in [2.05, 4.69) is 38.2 Å². The molecule has 0 saturated carbocycles. The second-order valence-corrected chi connectivity index (χ2v) is 5.63. The van der Waals surface area contributed by atoms with Gasteiger partial charge in [0.15, 0.2) is 0 Å². The smallest absolute Gasteiger partial charge is 0.251 e. The third-order valence-electron chi connectivity index (χ3n) is 3.77. The van der Waals surface area contributed by atoms with Gasteiger partial charge in [0.2, 0.25) is 0 Å². The number of nitrogen functional groups attached to an aromatic ring is 1. The van der Waals surface area contributed by atoms with Crippen molar-refractivity contribution >= 4 is 11.6 Å². The summed E-state index contributed by atoms with van der Waals surface area (Å²) in [6.07, 6.45) is 0. The van der Waals surface area contributed by atoms with E-state index >= 15 is 0 Å². The molecular weight excluding hydrogens is 260 g/mol. The van der Waals surface area contributed by atoms with E-state index in [1.165, 1.54) is 22.3 Å². The van der Waals surface area contributed by atoms with Crippen LogP contribution in [0.15, 0.2) is 30.3 Å². The number of carbonyl (C=O) groups excluding carboxylic acids is 1. The van der Waals surface area contributed by atoms with Gasteiger partial charge in [-0.15, -0.1) is 0 Å². The molecular formula is C18H22N2O. The molecule has 0 saturated heterocycles. The molecule has 0 unspecified atom stereocenters. The third-order valence-corrected chi connectivity index (χ3v) is 3.77. The maximum absolute atomic E-state index is 12.3. The molecule has 3 nitrogen and oxygen atoms in total. The van der Waals surface area contributed by atoms with Gasteiger partial charge in [-0.05, 0) is 62.1 Å². The number of aryl methyl sites for hydroxylation is 4. The molecule has 0 aromatic heterocycles. The number of rotatable bonds is 3. The molecule has 0 spiro atoms. The first-order valence-electron chi connectivity index (χ1n) is 7.09. The third kappa shape index (κ3) is 3.43. The van der Waals surface area contributed by atoms with Crippen molar-refractivity contribution < 1.29 is 4.79 Å². The average Bonchev–Trinajstić information content (AvgIpc) is 2.40. The molecule has 1 amide bonds. The molecule has 3 heteroatoms. The predicted molar refractivity (Wildman–Crippen MR) is 87.4 cm³/mol. The van der Waals surface area contributed by atoms with E-state index in [0.717, 1.165) is 5.56 Å². The fourth-order valence-electron chi connectivity index (χ4n) is 2.64. The summed E-state index contributed by atoms with van der Waals surface area (Å²) in [7, 11) is 0. The highest BCUT2D eigenvalue weighted by Gasteiger charge is 2.11. The molecule has 0 aliphatic heterocycles. The number of anilines is 1. The molecule has 0 atom stereocenters. The van der Waals surface area contributed by atoms with E-state index < -0.39 is 0 Å². The molecule has 2 rings (SSSR count). The molecule has 0 aliphatic carbocycles. The van der Waals surface area contributed by atoms with Crippen molar-refractivity contribution in [3.63, 3.8) is 0 Å². The van der Waals surface area contributed by atoms with Crippen LogP contribution in [0.2, 0.25) is 0 Å². The van der Waals surface area contributed by atoms with Gasteiger partial charge in [-0.25, -0.2) is 0 Å². The summed E-state index contributed by atoms with van der Waals surface area (Å²) in [5, 5.41) is 2.99. The van der Waals surface area contributed by atoms with Gasteiger partial charge in [0.05, 0.1) is 0 Å². The number of amides is 1. The van der Waals surface area contributed by atoms with E-state index in [1.54, 1.807) is 12.1 Å². The summed E-state index contributed by atoms with van der Waals surface area (Å²) in [4.78, 5) is 12.3. The van der Waals surface area contributed by atoms with Crippen LogP contribution in [0.25, 0.3) is 0 Å². The van der Waals surface area contributed by atoms with Crippen molar-refractivity contribution in [3.8, 4) is 0 Å². The molecule has 0 radical (unpaired) electrons.